The molecule has 2 heteroatoms. The van der Waals surface area contributed by atoms with Gasteiger partial charge in [-0.3, -0.25) is 9.59 Å². The van der Waals surface area contributed by atoms with Gasteiger partial charge < -0.3 is 0 Å². The second kappa shape index (κ2) is 9.95. The van der Waals surface area contributed by atoms with Gasteiger partial charge in [-0.2, -0.15) is 0 Å². The van der Waals surface area contributed by atoms with E-state index < -0.39 is 0 Å². The molecule has 1 aliphatic rings. The molecule has 1 aliphatic carbocycles. The molecule has 0 saturated carbocycles. The highest BCUT2D eigenvalue weighted by Crippen LogP contribution is 2.28. The first-order chi connectivity index (χ1) is 15.9. The fourth-order valence-corrected chi connectivity index (χ4v) is 4.46. The minimum Gasteiger partial charge on any atom is -0.289 e. The van der Waals surface area contributed by atoms with Crippen molar-refractivity contribution in [2.75, 3.05) is 0 Å². The predicted octanol–water partition coefficient (Wildman–Crippen LogP) is 7.84. The Kier molecular flexibility index (Phi) is 6.84. The van der Waals surface area contributed by atoms with Crippen LogP contribution in [0.15, 0.2) is 101 Å². The summed E-state index contributed by atoms with van der Waals surface area (Å²) in [5.41, 5.74) is 6.19. The Morgan fingerprint density at radius 3 is 2.18 bits per heavy atom. The molecule has 0 amide bonds. The zero-order valence-corrected chi connectivity index (χ0v) is 19.7. The first-order valence-corrected chi connectivity index (χ1v) is 11.6. The van der Waals surface area contributed by atoms with Gasteiger partial charge in [0, 0.05) is 22.3 Å². The van der Waals surface area contributed by atoms with Crippen LogP contribution in [0.1, 0.15) is 66.3 Å². The van der Waals surface area contributed by atoms with Crippen LogP contribution >= 0.6 is 0 Å². The first kappa shape index (κ1) is 22.7. The molecule has 4 rings (SSSR count). The van der Waals surface area contributed by atoms with Crippen LogP contribution in [0.25, 0.3) is 10.8 Å². The van der Waals surface area contributed by atoms with Crippen molar-refractivity contribution in [3.8, 4) is 0 Å². The molecule has 0 bridgehead atoms. The molecule has 33 heavy (non-hydrogen) atoms. The van der Waals surface area contributed by atoms with E-state index in [1.165, 1.54) is 27.5 Å². The van der Waals surface area contributed by atoms with Gasteiger partial charge in [-0.25, -0.2) is 0 Å². The fraction of sp³-hybridized carbons (Fsp3) is 0.226. The number of carbonyl (C=O) groups excluding carboxylic acids is 2. The largest absolute Gasteiger partial charge is 0.289 e. The molecule has 0 atom stereocenters. The number of carbonyl (C=O) groups is 2. The lowest BCUT2D eigenvalue weighted by Gasteiger charge is -2.18. The van der Waals surface area contributed by atoms with Gasteiger partial charge >= 0.3 is 0 Å². The number of hydrogen-bond acceptors (Lipinski definition) is 2. The molecule has 0 N–H and O–H groups in total. The first-order valence-electron chi connectivity index (χ1n) is 11.6. The molecule has 3 aromatic rings. The molecule has 0 unspecified atom stereocenters. The SMILES string of the molecule is CC1=C(C/C=C(\C)CC/C=C(\C)Cc2ccc3ccccc3c2)C(=O)c2ccccc2C1=O. The molecule has 0 heterocycles. The smallest absolute Gasteiger partial charge is 0.190 e. The lowest BCUT2D eigenvalue weighted by Crippen LogP contribution is -2.20. The topological polar surface area (TPSA) is 34.1 Å². The van der Waals surface area contributed by atoms with Crippen molar-refractivity contribution in [1.29, 1.82) is 0 Å². The second-order valence-corrected chi connectivity index (χ2v) is 9.01. The van der Waals surface area contributed by atoms with Crippen LogP contribution in [-0.2, 0) is 6.42 Å². The number of ketones is 2. The van der Waals surface area contributed by atoms with E-state index in [0.29, 0.717) is 28.7 Å². The van der Waals surface area contributed by atoms with E-state index in [4.69, 9.17) is 0 Å². The molecule has 166 valence electrons. The number of allylic oxidation sites excluding steroid dienone is 6. The Balaban J connectivity index is 1.35. The van der Waals surface area contributed by atoms with Crippen LogP contribution in [0.4, 0.5) is 0 Å². The van der Waals surface area contributed by atoms with Crippen LogP contribution < -0.4 is 0 Å². The highest BCUT2D eigenvalue weighted by Gasteiger charge is 2.28. The van der Waals surface area contributed by atoms with Crippen LogP contribution in [-0.4, -0.2) is 11.6 Å². The van der Waals surface area contributed by atoms with Gasteiger partial charge in [-0.1, -0.05) is 90.0 Å². The van der Waals surface area contributed by atoms with Crippen molar-refractivity contribution in [2.24, 2.45) is 0 Å². The summed E-state index contributed by atoms with van der Waals surface area (Å²) in [6, 6.07) is 22.2. The minimum absolute atomic E-state index is 0.0159. The average molecular weight is 435 g/mol. The monoisotopic (exact) mass is 434 g/mol. The number of rotatable bonds is 7. The minimum atomic E-state index is -0.0292. The van der Waals surface area contributed by atoms with Gasteiger partial charge in [-0.05, 0) is 62.8 Å². The highest BCUT2D eigenvalue weighted by molar-refractivity contribution is 6.26. The average Bonchev–Trinajstić information content (AvgIpc) is 2.82. The van der Waals surface area contributed by atoms with Crippen molar-refractivity contribution in [3.63, 3.8) is 0 Å². The summed E-state index contributed by atoms with van der Waals surface area (Å²) in [5, 5.41) is 2.56. The van der Waals surface area contributed by atoms with Crippen LogP contribution in [0, 0.1) is 0 Å². The molecule has 2 nitrogen and oxygen atoms in total. The predicted molar refractivity (Wildman–Crippen MR) is 137 cm³/mol. The van der Waals surface area contributed by atoms with E-state index in [2.05, 4.69) is 68.5 Å². The van der Waals surface area contributed by atoms with Gasteiger partial charge in [0.15, 0.2) is 11.6 Å². The number of hydrogen-bond donors (Lipinski definition) is 0. The fourth-order valence-electron chi connectivity index (χ4n) is 4.46. The lowest BCUT2D eigenvalue weighted by atomic mass is 9.83. The zero-order chi connectivity index (χ0) is 23.4. The Labute approximate surface area is 196 Å². The molecule has 0 spiro atoms. The maximum atomic E-state index is 12.9. The molecular formula is C31H30O2. The van der Waals surface area contributed by atoms with Crippen molar-refractivity contribution in [2.45, 2.75) is 46.5 Å². The Hall–Kier alpha value is -3.52. The summed E-state index contributed by atoms with van der Waals surface area (Å²) in [6.45, 7) is 6.06. The molecule has 0 saturated heterocycles. The third-order valence-corrected chi connectivity index (χ3v) is 6.47. The lowest BCUT2D eigenvalue weighted by molar-refractivity contribution is 0.0973. The van der Waals surface area contributed by atoms with Crippen molar-refractivity contribution < 1.29 is 9.59 Å². The third-order valence-electron chi connectivity index (χ3n) is 6.47. The Bertz CT molecular complexity index is 1320. The van der Waals surface area contributed by atoms with Gasteiger partial charge in [-0.15, -0.1) is 0 Å². The van der Waals surface area contributed by atoms with E-state index in [-0.39, 0.29) is 11.6 Å². The van der Waals surface area contributed by atoms with Crippen molar-refractivity contribution in [1.82, 2.24) is 0 Å². The molecular weight excluding hydrogens is 404 g/mol. The van der Waals surface area contributed by atoms with Crippen LogP contribution in [0.3, 0.4) is 0 Å². The summed E-state index contributed by atoms with van der Waals surface area (Å²) >= 11 is 0. The van der Waals surface area contributed by atoms with Crippen molar-refractivity contribution in [3.05, 3.63) is 118 Å². The van der Waals surface area contributed by atoms with E-state index in [1.54, 1.807) is 19.1 Å². The molecule has 0 aliphatic heterocycles. The van der Waals surface area contributed by atoms with Crippen LogP contribution in [0.2, 0.25) is 0 Å². The van der Waals surface area contributed by atoms with Crippen molar-refractivity contribution >= 4 is 22.3 Å². The van der Waals surface area contributed by atoms with Gasteiger partial charge in [0.25, 0.3) is 0 Å². The van der Waals surface area contributed by atoms with Gasteiger partial charge in [0.2, 0.25) is 0 Å². The summed E-state index contributed by atoms with van der Waals surface area (Å²) < 4.78 is 0. The zero-order valence-electron chi connectivity index (χ0n) is 19.7. The third kappa shape index (κ3) is 5.12. The summed E-state index contributed by atoms with van der Waals surface area (Å²) in [6.07, 6.45) is 7.79. The Morgan fingerprint density at radius 1 is 0.758 bits per heavy atom. The molecule has 0 fully saturated rings. The van der Waals surface area contributed by atoms with Gasteiger partial charge in [0.05, 0.1) is 0 Å². The standard InChI is InChI=1S/C31H30O2/c1-21(15-18-27-23(3)30(32)28-13-6-7-14-29(28)31(27)33)9-8-10-22(2)19-24-16-17-25-11-4-5-12-26(25)20-24/h4-7,10-17,20H,8-9,18-19H2,1-3H3/b21-15+,22-10+. The summed E-state index contributed by atoms with van der Waals surface area (Å²) in [5.74, 6) is -0.0450. The normalized spacial score (nSPS) is 14.8. The molecule has 3 aromatic carbocycles. The van der Waals surface area contributed by atoms with Gasteiger partial charge in [0.1, 0.15) is 0 Å². The maximum Gasteiger partial charge on any atom is 0.190 e. The van der Waals surface area contributed by atoms with E-state index >= 15 is 0 Å². The van der Waals surface area contributed by atoms with E-state index in [1.807, 2.05) is 12.1 Å². The summed E-state index contributed by atoms with van der Waals surface area (Å²) in [7, 11) is 0. The maximum absolute atomic E-state index is 12.9. The highest BCUT2D eigenvalue weighted by atomic mass is 16.1. The summed E-state index contributed by atoms with van der Waals surface area (Å²) in [4.78, 5) is 25.5. The quantitative estimate of drug-likeness (QED) is 0.355. The number of benzene rings is 3. The number of fused-ring (bicyclic) bond motifs is 2. The Morgan fingerprint density at radius 2 is 1.42 bits per heavy atom. The van der Waals surface area contributed by atoms with E-state index in [9.17, 15) is 9.59 Å². The molecule has 0 aromatic heterocycles. The van der Waals surface area contributed by atoms with Crippen LogP contribution in [0.5, 0.6) is 0 Å². The van der Waals surface area contributed by atoms with E-state index in [0.717, 1.165) is 19.3 Å². The number of Topliss-reactive ketones (excluding diaryl/α,β-unsaturated/α-hetero) is 2. The second-order valence-electron chi connectivity index (χ2n) is 9.01. The molecule has 0 radical (unpaired) electrons.